The van der Waals surface area contributed by atoms with Gasteiger partial charge < -0.3 is 10.6 Å². The molecule has 1 aliphatic heterocycles. The molecule has 6 nitrogen and oxygen atoms in total. The summed E-state index contributed by atoms with van der Waals surface area (Å²) in [5.74, 6) is -1.31. The van der Waals surface area contributed by atoms with Crippen LogP contribution in [0.5, 0.6) is 0 Å². The lowest BCUT2D eigenvalue weighted by atomic mass is 9.88. The lowest BCUT2D eigenvalue weighted by Crippen LogP contribution is -2.42. The van der Waals surface area contributed by atoms with Crippen molar-refractivity contribution in [2.24, 2.45) is 0 Å². The SMILES string of the molecule is C[C@]1(c2cccc3ccccc23)NC(=O)N(CC(=O)Nc2ccc(C(F)(F)F)cc2)C1=O. The third kappa shape index (κ3) is 3.77. The second-order valence-electron chi connectivity index (χ2n) is 7.60. The number of hydrogen-bond donors (Lipinski definition) is 2. The second-order valence-corrected chi connectivity index (χ2v) is 7.60. The number of fused-ring (bicyclic) bond motifs is 1. The molecule has 164 valence electrons. The van der Waals surface area contributed by atoms with E-state index in [1.54, 1.807) is 19.1 Å². The first-order valence-corrected chi connectivity index (χ1v) is 9.69. The molecule has 32 heavy (non-hydrogen) atoms. The van der Waals surface area contributed by atoms with Crippen LogP contribution in [0.4, 0.5) is 23.7 Å². The van der Waals surface area contributed by atoms with Crippen molar-refractivity contribution in [1.82, 2.24) is 10.2 Å². The van der Waals surface area contributed by atoms with Crippen LogP contribution in [-0.2, 0) is 21.3 Å². The van der Waals surface area contributed by atoms with E-state index in [2.05, 4.69) is 10.6 Å². The number of benzene rings is 3. The summed E-state index contributed by atoms with van der Waals surface area (Å²) >= 11 is 0. The molecule has 0 spiro atoms. The number of hydrogen-bond acceptors (Lipinski definition) is 3. The average Bonchev–Trinajstić information content (AvgIpc) is 2.97. The molecule has 0 aliphatic carbocycles. The summed E-state index contributed by atoms with van der Waals surface area (Å²) in [5, 5.41) is 6.76. The number of imide groups is 1. The number of carbonyl (C=O) groups excluding carboxylic acids is 3. The first-order valence-electron chi connectivity index (χ1n) is 9.69. The zero-order valence-electron chi connectivity index (χ0n) is 16.9. The van der Waals surface area contributed by atoms with E-state index in [1.165, 1.54) is 0 Å². The Morgan fingerprint density at radius 3 is 2.34 bits per heavy atom. The summed E-state index contributed by atoms with van der Waals surface area (Å²) < 4.78 is 38.0. The fourth-order valence-corrected chi connectivity index (χ4v) is 3.77. The van der Waals surface area contributed by atoms with E-state index in [4.69, 9.17) is 0 Å². The molecular weight excluding hydrogens is 423 g/mol. The fourth-order valence-electron chi connectivity index (χ4n) is 3.77. The van der Waals surface area contributed by atoms with Gasteiger partial charge in [0.25, 0.3) is 5.91 Å². The number of halogens is 3. The number of nitrogens with zero attached hydrogens (tertiary/aromatic N) is 1. The van der Waals surface area contributed by atoms with E-state index in [-0.39, 0.29) is 5.69 Å². The summed E-state index contributed by atoms with van der Waals surface area (Å²) in [6, 6.07) is 16.0. The van der Waals surface area contributed by atoms with Crippen LogP contribution < -0.4 is 10.6 Å². The lowest BCUT2D eigenvalue weighted by Gasteiger charge is -2.24. The van der Waals surface area contributed by atoms with Crippen molar-refractivity contribution in [2.45, 2.75) is 18.6 Å². The molecule has 0 unspecified atom stereocenters. The summed E-state index contributed by atoms with van der Waals surface area (Å²) in [5.41, 5.74) is -1.51. The zero-order chi connectivity index (χ0) is 23.1. The first kappa shape index (κ1) is 21.4. The van der Waals surface area contributed by atoms with Crippen LogP contribution in [0, 0.1) is 0 Å². The minimum absolute atomic E-state index is 0.117. The molecule has 0 aromatic heterocycles. The first-order chi connectivity index (χ1) is 15.1. The third-order valence-corrected chi connectivity index (χ3v) is 5.40. The normalized spacial score (nSPS) is 18.7. The van der Waals surface area contributed by atoms with Crippen molar-refractivity contribution in [2.75, 3.05) is 11.9 Å². The molecule has 4 rings (SSSR count). The molecule has 3 aromatic carbocycles. The van der Waals surface area contributed by atoms with Crippen LogP contribution >= 0.6 is 0 Å². The second kappa shape index (κ2) is 7.67. The Morgan fingerprint density at radius 1 is 1.00 bits per heavy atom. The molecule has 1 aliphatic rings. The van der Waals surface area contributed by atoms with Crippen molar-refractivity contribution in [3.05, 3.63) is 77.9 Å². The number of nitrogens with one attached hydrogen (secondary N) is 2. The van der Waals surface area contributed by atoms with E-state index in [0.717, 1.165) is 39.9 Å². The molecule has 0 bridgehead atoms. The van der Waals surface area contributed by atoms with Crippen molar-refractivity contribution >= 4 is 34.3 Å². The number of amides is 4. The Morgan fingerprint density at radius 2 is 1.66 bits per heavy atom. The van der Waals surface area contributed by atoms with Gasteiger partial charge in [-0.3, -0.25) is 14.5 Å². The largest absolute Gasteiger partial charge is 0.416 e. The highest BCUT2D eigenvalue weighted by atomic mass is 19.4. The van der Waals surface area contributed by atoms with Crippen LogP contribution in [0.3, 0.4) is 0 Å². The van der Waals surface area contributed by atoms with Gasteiger partial charge in [-0.1, -0.05) is 42.5 Å². The van der Waals surface area contributed by atoms with Crippen LogP contribution in [0.2, 0.25) is 0 Å². The quantitative estimate of drug-likeness (QED) is 0.594. The highest BCUT2D eigenvalue weighted by molar-refractivity contribution is 6.11. The van der Waals surface area contributed by atoms with E-state index < -0.39 is 41.7 Å². The summed E-state index contributed by atoms with van der Waals surface area (Å²) in [6.45, 7) is 0.995. The number of alkyl halides is 3. The molecule has 0 radical (unpaired) electrons. The summed E-state index contributed by atoms with van der Waals surface area (Å²) in [4.78, 5) is 38.9. The molecular formula is C23H18F3N3O3. The van der Waals surface area contributed by atoms with Crippen LogP contribution in [0.1, 0.15) is 18.1 Å². The van der Waals surface area contributed by atoms with Gasteiger partial charge in [0.15, 0.2) is 0 Å². The number of carbonyl (C=O) groups is 3. The molecule has 0 saturated carbocycles. The minimum atomic E-state index is -4.49. The molecule has 3 aromatic rings. The third-order valence-electron chi connectivity index (χ3n) is 5.40. The summed E-state index contributed by atoms with van der Waals surface area (Å²) in [7, 11) is 0. The van der Waals surface area contributed by atoms with Crippen molar-refractivity contribution in [3.63, 3.8) is 0 Å². The van der Waals surface area contributed by atoms with Crippen LogP contribution in [0.25, 0.3) is 10.8 Å². The molecule has 1 saturated heterocycles. The lowest BCUT2D eigenvalue weighted by molar-refractivity contribution is -0.137. The van der Waals surface area contributed by atoms with Gasteiger partial charge in [-0.2, -0.15) is 13.2 Å². The Labute approximate surface area is 181 Å². The van der Waals surface area contributed by atoms with Gasteiger partial charge in [0.05, 0.1) is 5.56 Å². The van der Waals surface area contributed by atoms with Gasteiger partial charge in [0, 0.05) is 5.69 Å². The molecule has 1 heterocycles. The smallest absolute Gasteiger partial charge is 0.325 e. The molecule has 2 N–H and O–H groups in total. The van der Waals surface area contributed by atoms with E-state index in [1.807, 2.05) is 30.3 Å². The summed E-state index contributed by atoms with van der Waals surface area (Å²) in [6.07, 6.45) is -4.49. The topological polar surface area (TPSA) is 78.5 Å². The predicted molar refractivity (Wildman–Crippen MR) is 112 cm³/mol. The zero-order valence-corrected chi connectivity index (χ0v) is 16.9. The predicted octanol–water partition coefficient (Wildman–Crippen LogP) is 4.26. The van der Waals surface area contributed by atoms with Crippen molar-refractivity contribution in [1.29, 1.82) is 0 Å². The van der Waals surface area contributed by atoms with Gasteiger partial charge in [-0.05, 0) is 47.5 Å². The van der Waals surface area contributed by atoms with Gasteiger partial charge in [-0.15, -0.1) is 0 Å². The molecule has 1 atom stereocenters. The maximum Gasteiger partial charge on any atom is 0.416 e. The van der Waals surface area contributed by atoms with Gasteiger partial charge in [0.2, 0.25) is 5.91 Å². The standard InChI is InChI=1S/C23H18F3N3O3/c1-22(18-8-4-6-14-5-2-3-7-17(14)18)20(31)29(21(32)28-22)13-19(30)27-16-11-9-15(10-12-16)23(24,25)26/h2-12H,13H2,1H3,(H,27,30)(H,28,32)/t22-/m1/s1. The van der Waals surface area contributed by atoms with E-state index in [9.17, 15) is 27.6 Å². The number of urea groups is 1. The number of rotatable bonds is 4. The van der Waals surface area contributed by atoms with Gasteiger partial charge >= 0.3 is 12.2 Å². The van der Waals surface area contributed by atoms with Gasteiger partial charge in [-0.25, -0.2) is 4.79 Å². The Kier molecular flexibility index (Phi) is 5.12. The maximum atomic E-state index is 13.2. The Hall–Kier alpha value is -3.88. The van der Waals surface area contributed by atoms with Gasteiger partial charge in [0.1, 0.15) is 12.1 Å². The Balaban J connectivity index is 1.52. The molecule has 9 heteroatoms. The highest BCUT2D eigenvalue weighted by Crippen LogP contribution is 2.34. The maximum absolute atomic E-state index is 13.2. The van der Waals surface area contributed by atoms with E-state index in [0.29, 0.717) is 5.56 Å². The van der Waals surface area contributed by atoms with Crippen LogP contribution in [0.15, 0.2) is 66.7 Å². The highest BCUT2D eigenvalue weighted by Gasteiger charge is 2.50. The minimum Gasteiger partial charge on any atom is -0.325 e. The fraction of sp³-hybridized carbons (Fsp3) is 0.174. The van der Waals surface area contributed by atoms with Crippen molar-refractivity contribution < 1.29 is 27.6 Å². The number of anilines is 1. The molecule has 1 fully saturated rings. The Bertz CT molecular complexity index is 1220. The van der Waals surface area contributed by atoms with Crippen LogP contribution in [-0.4, -0.2) is 29.3 Å². The van der Waals surface area contributed by atoms with Crippen molar-refractivity contribution in [3.8, 4) is 0 Å². The average molecular weight is 441 g/mol. The van der Waals surface area contributed by atoms with E-state index >= 15 is 0 Å². The molecule has 4 amide bonds. The monoisotopic (exact) mass is 441 g/mol.